The highest BCUT2D eigenvalue weighted by molar-refractivity contribution is 5.80. The Morgan fingerprint density at radius 3 is 2.62 bits per heavy atom. The van der Waals surface area contributed by atoms with Crippen LogP contribution < -0.4 is 0 Å². The summed E-state index contributed by atoms with van der Waals surface area (Å²) in [6.07, 6.45) is 1.91. The van der Waals surface area contributed by atoms with Crippen LogP contribution in [0.25, 0.3) is 33.9 Å². The van der Waals surface area contributed by atoms with Crippen molar-refractivity contribution >= 4 is 11.0 Å². The third-order valence-electron chi connectivity index (χ3n) is 4.03. The molecule has 0 atom stereocenters. The number of aromatic amines is 1. The number of imidazole rings is 2. The van der Waals surface area contributed by atoms with Crippen LogP contribution in [0.5, 0.6) is 0 Å². The van der Waals surface area contributed by atoms with Gasteiger partial charge >= 0.3 is 0 Å². The molecule has 0 aliphatic carbocycles. The Hall–Kier alpha value is -2.92. The van der Waals surface area contributed by atoms with Gasteiger partial charge in [-0.2, -0.15) is 0 Å². The molecular weight excluding hydrogens is 300 g/mol. The molecule has 4 aromatic rings. The molecule has 0 bridgehead atoms. The standard InChI is InChI=1S/C19H18N4O/c1-24-12-11-23-17-10-6-5-9-15(17)22-19(23)16-13-20-18(21-16)14-7-3-2-4-8-14/h2-10,13H,11-12H2,1H3,(H,20,21). The van der Waals surface area contributed by atoms with E-state index in [1.165, 1.54) is 0 Å². The van der Waals surface area contributed by atoms with Gasteiger partial charge in [-0.1, -0.05) is 42.5 Å². The summed E-state index contributed by atoms with van der Waals surface area (Å²) in [6, 6.07) is 18.2. The summed E-state index contributed by atoms with van der Waals surface area (Å²) in [6.45, 7) is 1.36. The van der Waals surface area contributed by atoms with Crippen LogP contribution in [-0.2, 0) is 11.3 Å². The Balaban J connectivity index is 1.80. The number of H-pyrrole nitrogens is 1. The zero-order chi connectivity index (χ0) is 16.4. The maximum absolute atomic E-state index is 5.25. The number of hydrogen-bond acceptors (Lipinski definition) is 3. The lowest BCUT2D eigenvalue weighted by Crippen LogP contribution is -2.06. The monoisotopic (exact) mass is 318 g/mol. The molecule has 1 N–H and O–H groups in total. The second-order valence-corrected chi connectivity index (χ2v) is 5.57. The normalized spacial score (nSPS) is 11.2. The van der Waals surface area contributed by atoms with Gasteiger partial charge in [0.05, 0.1) is 17.6 Å². The van der Waals surface area contributed by atoms with Crippen LogP contribution >= 0.6 is 0 Å². The highest BCUT2D eigenvalue weighted by atomic mass is 16.5. The van der Waals surface area contributed by atoms with Gasteiger partial charge < -0.3 is 14.3 Å². The number of methoxy groups -OCH3 is 1. The summed E-state index contributed by atoms with van der Waals surface area (Å²) in [7, 11) is 1.71. The number of benzene rings is 2. The molecule has 2 aromatic heterocycles. The minimum atomic E-state index is 0.628. The first-order valence-electron chi connectivity index (χ1n) is 7.92. The van der Waals surface area contributed by atoms with E-state index in [2.05, 4.69) is 15.6 Å². The van der Waals surface area contributed by atoms with Crippen molar-refractivity contribution in [3.05, 3.63) is 60.8 Å². The van der Waals surface area contributed by atoms with Gasteiger partial charge in [0, 0.05) is 25.4 Å². The van der Waals surface area contributed by atoms with E-state index in [9.17, 15) is 0 Å². The van der Waals surface area contributed by atoms with Crippen molar-refractivity contribution < 1.29 is 4.74 Å². The number of aromatic nitrogens is 4. The van der Waals surface area contributed by atoms with Gasteiger partial charge in [-0.05, 0) is 12.1 Å². The second kappa shape index (κ2) is 6.29. The number of para-hydroxylation sites is 2. The average Bonchev–Trinajstić information content (AvgIpc) is 3.25. The smallest absolute Gasteiger partial charge is 0.161 e. The molecule has 0 fully saturated rings. The van der Waals surface area contributed by atoms with E-state index >= 15 is 0 Å². The molecule has 4 rings (SSSR count). The Bertz CT molecular complexity index is 956. The molecule has 2 heterocycles. The fourth-order valence-corrected chi connectivity index (χ4v) is 2.86. The second-order valence-electron chi connectivity index (χ2n) is 5.57. The van der Waals surface area contributed by atoms with Crippen molar-refractivity contribution in [3.8, 4) is 22.9 Å². The van der Waals surface area contributed by atoms with Crippen molar-refractivity contribution in [1.82, 2.24) is 19.5 Å². The minimum Gasteiger partial charge on any atom is -0.383 e. The van der Waals surface area contributed by atoms with Gasteiger partial charge in [0.15, 0.2) is 5.82 Å². The first kappa shape index (κ1) is 14.7. The molecular formula is C19H18N4O. The summed E-state index contributed by atoms with van der Waals surface area (Å²) in [5.74, 6) is 1.70. The number of nitrogens with one attached hydrogen (secondary N) is 1. The van der Waals surface area contributed by atoms with Crippen LogP contribution in [0.2, 0.25) is 0 Å². The van der Waals surface area contributed by atoms with E-state index in [1.807, 2.05) is 54.7 Å². The highest BCUT2D eigenvalue weighted by Gasteiger charge is 2.15. The van der Waals surface area contributed by atoms with Crippen LogP contribution in [0, 0.1) is 0 Å². The lowest BCUT2D eigenvalue weighted by molar-refractivity contribution is 0.188. The fraction of sp³-hybridized carbons (Fsp3) is 0.158. The largest absolute Gasteiger partial charge is 0.383 e. The van der Waals surface area contributed by atoms with Gasteiger partial charge in [-0.15, -0.1) is 0 Å². The first-order chi connectivity index (χ1) is 11.9. The summed E-state index contributed by atoms with van der Waals surface area (Å²) >= 11 is 0. The summed E-state index contributed by atoms with van der Waals surface area (Å²) < 4.78 is 7.41. The molecule has 24 heavy (non-hydrogen) atoms. The van der Waals surface area contributed by atoms with Crippen molar-refractivity contribution in [3.63, 3.8) is 0 Å². The molecule has 0 amide bonds. The van der Waals surface area contributed by atoms with Crippen LogP contribution in [0.1, 0.15) is 0 Å². The topological polar surface area (TPSA) is 55.7 Å². The van der Waals surface area contributed by atoms with Crippen LogP contribution in [-0.4, -0.2) is 33.2 Å². The Kier molecular flexibility index (Phi) is 3.84. The van der Waals surface area contributed by atoms with Gasteiger partial charge in [-0.25, -0.2) is 9.97 Å². The van der Waals surface area contributed by atoms with Gasteiger partial charge in [0.1, 0.15) is 11.5 Å². The van der Waals surface area contributed by atoms with Gasteiger partial charge in [-0.3, -0.25) is 0 Å². The zero-order valence-electron chi connectivity index (χ0n) is 13.4. The fourth-order valence-electron chi connectivity index (χ4n) is 2.86. The van der Waals surface area contributed by atoms with E-state index in [0.717, 1.165) is 40.5 Å². The van der Waals surface area contributed by atoms with E-state index < -0.39 is 0 Å². The predicted octanol–water partition coefficient (Wildman–Crippen LogP) is 3.74. The van der Waals surface area contributed by atoms with Crippen molar-refractivity contribution in [2.24, 2.45) is 0 Å². The van der Waals surface area contributed by atoms with Gasteiger partial charge in [0.25, 0.3) is 0 Å². The molecule has 0 saturated heterocycles. The number of ether oxygens (including phenoxy) is 1. The molecule has 0 unspecified atom stereocenters. The average molecular weight is 318 g/mol. The van der Waals surface area contributed by atoms with E-state index in [1.54, 1.807) is 7.11 Å². The molecule has 0 radical (unpaired) electrons. The van der Waals surface area contributed by atoms with Crippen molar-refractivity contribution in [2.75, 3.05) is 13.7 Å². The summed E-state index contributed by atoms with van der Waals surface area (Å²) in [4.78, 5) is 12.8. The summed E-state index contributed by atoms with van der Waals surface area (Å²) in [5, 5.41) is 0. The van der Waals surface area contributed by atoms with Crippen LogP contribution in [0.15, 0.2) is 60.8 Å². The quantitative estimate of drug-likeness (QED) is 0.610. The molecule has 0 aliphatic rings. The molecule has 0 saturated carbocycles. The highest BCUT2D eigenvalue weighted by Crippen LogP contribution is 2.25. The lowest BCUT2D eigenvalue weighted by atomic mass is 10.2. The van der Waals surface area contributed by atoms with Crippen LogP contribution in [0.3, 0.4) is 0 Å². The summed E-state index contributed by atoms with van der Waals surface area (Å²) in [5.41, 5.74) is 3.95. The Labute approximate surface area is 140 Å². The lowest BCUT2D eigenvalue weighted by Gasteiger charge is -2.06. The van der Waals surface area contributed by atoms with E-state index in [0.29, 0.717) is 6.61 Å². The third kappa shape index (κ3) is 2.59. The molecule has 5 nitrogen and oxygen atoms in total. The maximum Gasteiger partial charge on any atom is 0.161 e. The molecule has 0 aliphatic heterocycles. The van der Waals surface area contributed by atoms with E-state index in [-0.39, 0.29) is 0 Å². The SMILES string of the molecule is COCCn1c(-c2c[nH]c(-c3ccccc3)n2)nc2ccccc21. The van der Waals surface area contributed by atoms with Crippen LogP contribution in [0.4, 0.5) is 0 Å². The number of hydrogen-bond donors (Lipinski definition) is 1. The zero-order valence-corrected chi connectivity index (χ0v) is 13.4. The Morgan fingerprint density at radius 1 is 1.00 bits per heavy atom. The first-order valence-corrected chi connectivity index (χ1v) is 7.92. The number of rotatable bonds is 5. The molecule has 120 valence electrons. The molecule has 2 aromatic carbocycles. The van der Waals surface area contributed by atoms with Crippen molar-refractivity contribution in [1.29, 1.82) is 0 Å². The third-order valence-corrected chi connectivity index (χ3v) is 4.03. The van der Waals surface area contributed by atoms with Crippen molar-refractivity contribution in [2.45, 2.75) is 6.54 Å². The number of fused-ring (bicyclic) bond motifs is 1. The van der Waals surface area contributed by atoms with Gasteiger partial charge in [0.2, 0.25) is 0 Å². The molecule has 0 spiro atoms. The predicted molar refractivity (Wildman–Crippen MR) is 94.6 cm³/mol. The van der Waals surface area contributed by atoms with E-state index in [4.69, 9.17) is 14.7 Å². The minimum absolute atomic E-state index is 0.628. The molecule has 5 heteroatoms. The Morgan fingerprint density at radius 2 is 1.79 bits per heavy atom. The maximum atomic E-state index is 5.25. The number of nitrogens with zero attached hydrogens (tertiary/aromatic N) is 3.